The number of hydrogen-bond donors (Lipinski definition) is 6. The Hall–Kier alpha value is -3.75. The summed E-state index contributed by atoms with van der Waals surface area (Å²) in [4.78, 5) is 38.1. The van der Waals surface area contributed by atoms with Crippen LogP contribution >= 0.6 is 0 Å². The minimum Gasteiger partial charge on any atom is -0.392 e. The zero-order chi connectivity index (χ0) is 26.1. The number of β-amino-alcohol motifs (C(OH)–C–C–N with tert-alkyl or cyclic N) is 1. The average molecular weight is 495 g/mol. The quantitative estimate of drug-likeness (QED) is 0.186. The first kappa shape index (κ1) is 26.8. The molecule has 0 spiro atoms. The van der Waals surface area contributed by atoms with Gasteiger partial charge >= 0.3 is 0 Å². The first-order valence-electron chi connectivity index (χ1n) is 11.6. The number of benzene rings is 2. The number of carbonyl (C=O) groups is 3. The molecule has 0 radical (unpaired) electrons. The van der Waals surface area contributed by atoms with Gasteiger partial charge in [0.05, 0.1) is 18.8 Å². The monoisotopic (exact) mass is 494 g/mol. The Morgan fingerprint density at radius 1 is 1.06 bits per heavy atom. The summed E-state index contributed by atoms with van der Waals surface area (Å²) >= 11 is 0. The second kappa shape index (κ2) is 12.8. The van der Waals surface area contributed by atoms with Crippen molar-refractivity contribution >= 4 is 23.4 Å². The molecule has 2 aromatic carbocycles. The van der Waals surface area contributed by atoms with Gasteiger partial charge in [-0.1, -0.05) is 11.8 Å². The zero-order valence-electron chi connectivity index (χ0n) is 19.9. The third-order valence-corrected chi connectivity index (χ3v) is 5.68. The molecule has 0 aliphatic carbocycles. The number of nitrogens with zero attached hydrogens (tertiary/aromatic N) is 1. The third-order valence-electron chi connectivity index (χ3n) is 5.68. The predicted molar refractivity (Wildman–Crippen MR) is 132 cm³/mol. The molecule has 2 aromatic rings. The highest BCUT2D eigenvalue weighted by Crippen LogP contribution is 2.12. The van der Waals surface area contributed by atoms with Crippen LogP contribution < -0.4 is 16.1 Å². The summed E-state index contributed by atoms with van der Waals surface area (Å²) in [5.74, 6) is 4.37. The molecule has 3 atom stereocenters. The predicted octanol–water partition coefficient (Wildman–Crippen LogP) is 0.466. The van der Waals surface area contributed by atoms with E-state index in [-0.39, 0.29) is 24.1 Å². The summed E-state index contributed by atoms with van der Waals surface area (Å²) in [5.41, 5.74) is 3.73. The molecular formula is C26H30N4O6. The van der Waals surface area contributed by atoms with Crippen molar-refractivity contribution < 1.29 is 29.8 Å². The maximum absolute atomic E-state index is 12.3. The molecule has 1 unspecified atom stereocenters. The van der Waals surface area contributed by atoms with E-state index in [9.17, 15) is 24.6 Å². The molecule has 0 saturated carbocycles. The highest BCUT2D eigenvalue weighted by molar-refractivity contribution is 5.97. The number of hydroxylamine groups is 1. The van der Waals surface area contributed by atoms with Gasteiger partial charge in [0.2, 0.25) is 5.91 Å². The van der Waals surface area contributed by atoms with Crippen LogP contribution in [0.1, 0.15) is 41.3 Å². The molecule has 1 fully saturated rings. The van der Waals surface area contributed by atoms with Gasteiger partial charge in [0.1, 0.15) is 6.04 Å². The van der Waals surface area contributed by atoms with Crippen molar-refractivity contribution in [1.29, 1.82) is 0 Å². The zero-order valence-corrected chi connectivity index (χ0v) is 19.9. The maximum Gasteiger partial charge on any atom is 0.268 e. The first-order chi connectivity index (χ1) is 17.2. The Morgan fingerprint density at radius 2 is 1.67 bits per heavy atom. The van der Waals surface area contributed by atoms with Crippen LogP contribution in [0.2, 0.25) is 0 Å². The lowest BCUT2D eigenvalue weighted by atomic mass is 10.1. The van der Waals surface area contributed by atoms with E-state index in [1.165, 1.54) is 24.5 Å². The molecule has 3 amide bonds. The minimum absolute atomic E-state index is 0.135. The van der Waals surface area contributed by atoms with Gasteiger partial charge in [0.15, 0.2) is 0 Å². The number of aliphatic hydroxyl groups excluding tert-OH is 2. The van der Waals surface area contributed by atoms with E-state index in [4.69, 9.17) is 5.21 Å². The third kappa shape index (κ3) is 7.90. The average Bonchev–Trinajstić information content (AvgIpc) is 2.86. The summed E-state index contributed by atoms with van der Waals surface area (Å²) in [6, 6.07) is 12.2. The second-order valence-electron chi connectivity index (χ2n) is 8.65. The summed E-state index contributed by atoms with van der Waals surface area (Å²) in [6.45, 7) is 2.87. The molecule has 0 aromatic heterocycles. The van der Waals surface area contributed by atoms with Crippen molar-refractivity contribution in [3.8, 4) is 11.8 Å². The van der Waals surface area contributed by atoms with Crippen LogP contribution in [0, 0.1) is 11.8 Å². The highest BCUT2D eigenvalue weighted by atomic mass is 16.5. The van der Waals surface area contributed by atoms with E-state index in [0.29, 0.717) is 17.8 Å². The lowest BCUT2D eigenvalue weighted by molar-refractivity contribution is -0.133. The lowest BCUT2D eigenvalue weighted by Crippen LogP contribution is -2.51. The SMILES string of the molecule is C[C@@H](O)[C@H](NC(=O)c1ccc(C#Cc2ccc(NC(=O)CN3CCCC(O)C3)cc2)cc1)C(=O)NO. The number of carbonyl (C=O) groups excluding carboxylic acids is 3. The van der Waals surface area contributed by atoms with Crippen molar-refractivity contribution in [1.82, 2.24) is 15.7 Å². The molecule has 3 rings (SSSR count). The fraction of sp³-hybridized carbons (Fsp3) is 0.346. The smallest absolute Gasteiger partial charge is 0.268 e. The van der Waals surface area contributed by atoms with Crippen molar-refractivity contribution in [2.24, 2.45) is 0 Å². The number of rotatable bonds is 7. The van der Waals surface area contributed by atoms with Crippen LogP contribution in [0.3, 0.4) is 0 Å². The summed E-state index contributed by atoms with van der Waals surface area (Å²) in [6.07, 6.45) is 0.0792. The van der Waals surface area contributed by atoms with Crippen LogP contribution in [0.15, 0.2) is 48.5 Å². The fourth-order valence-corrected chi connectivity index (χ4v) is 3.76. The van der Waals surface area contributed by atoms with Crippen molar-refractivity contribution in [3.05, 3.63) is 65.2 Å². The summed E-state index contributed by atoms with van der Waals surface area (Å²) in [5, 5.41) is 33.3. The number of aliphatic hydroxyl groups is 2. The first-order valence-corrected chi connectivity index (χ1v) is 11.6. The molecule has 190 valence electrons. The van der Waals surface area contributed by atoms with E-state index in [0.717, 1.165) is 24.9 Å². The molecule has 10 heteroatoms. The van der Waals surface area contributed by atoms with Gasteiger partial charge in [-0.3, -0.25) is 24.5 Å². The van der Waals surface area contributed by atoms with Gasteiger partial charge in [0, 0.05) is 28.9 Å². The van der Waals surface area contributed by atoms with Gasteiger partial charge in [-0.05, 0) is 74.8 Å². The van der Waals surface area contributed by atoms with Gasteiger partial charge < -0.3 is 20.8 Å². The largest absolute Gasteiger partial charge is 0.392 e. The van der Waals surface area contributed by atoms with Crippen molar-refractivity contribution in [3.63, 3.8) is 0 Å². The molecule has 1 heterocycles. The molecule has 10 nitrogen and oxygen atoms in total. The lowest BCUT2D eigenvalue weighted by Gasteiger charge is -2.29. The van der Waals surface area contributed by atoms with E-state index >= 15 is 0 Å². The van der Waals surface area contributed by atoms with E-state index in [1.807, 2.05) is 4.90 Å². The Bertz CT molecular complexity index is 1120. The van der Waals surface area contributed by atoms with Crippen molar-refractivity contribution in [2.45, 2.75) is 38.0 Å². The molecule has 6 N–H and O–H groups in total. The van der Waals surface area contributed by atoms with Crippen LogP contribution in [-0.4, -0.2) is 75.9 Å². The van der Waals surface area contributed by atoms with E-state index in [2.05, 4.69) is 22.5 Å². The van der Waals surface area contributed by atoms with Crippen LogP contribution in [-0.2, 0) is 9.59 Å². The van der Waals surface area contributed by atoms with Gasteiger partial charge in [-0.25, -0.2) is 5.48 Å². The van der Waals surface area contributed by atoms with Gasteiger partial charge in [0.25, 0.3) is 11.8 Å². The molecule has 1 saturated heterocycles. The fourth-order valence-electron chi connectivity index (χ4n) is 3.76. The number of amides is 3. The molecule has 0 bridgehead atoms. The summed E-state index contributed by atoms with van der Waals surface area (Å²) < 4.78 is 0. The molecule has 36 heavy (non-hydrogen) atoms. The molecule has 1 aliphatic heterocycles. The van der Waals surface area contributed by atoms with Crippen LogP contribution in [0.25, 0.3) is 0 Å². The Labute approximate surface area is 209 Å². The van der Waals surface area contributed by atoms with Crippen LogP contribution in [0.4, 0.5) is 5.69 Å². The number of hydrogen-bond acceptors (Lipinski definition) is 7. The number of nitrogens with one attached hydrogen (secondary N) is 3. The topological polar surface area (TPSA) is 151 Å². The van der Waals surface area contributed by atoms with Gasteiger partial charge in [-0.2, -0.15) is 0 Å². The highest BCUT2D eigenvalue weighted by Gasteiger charge is 2.25. The van der Waals surface area contributed by atoms with E-state index in [1.54, 1.807) is 36.4 Å². The number of likely N-dealkylation sites (tertiary alicyclic amines) is 1. The minimum atomic E-state index is -1.30. The Kier molecular flexibility index (Phi) is 9.55. The number of anilines is 1. The Balaban J connectivity index is 1.54. The maximum atomic E-state index is 12.3. The normalized spacial score (nSPS) is 17.2. The molecule has 1 aliphatic rings. The second-order valence-corrected chi connectivity index (χ2v) is 8.65. The molecular weight excluding hydrogens is 464 g/mol. The van der Waals surface area contributed by atoms with Crippen molar-refractivity contribution in [2.75, 3.05) is 25.0 Å². The summed E-state index contributed by atoms with van der Waals surface area (Å²) in [7, 11) is 0. The van der Waals surface area contributed by atoms with Gasteiger partial charge in [-0.15, -0.1) is 0 Å². The number of piperidine rings is 1. The van der Waals surface area contributed by atoms with E-state index < -0.39 is 24.0 Å². The van der Waals surface area contributed by atoms with Crippen LogP contribution in [0.5, 0.6) is 0 Å². The Morgan fingerprint density at radius 3 is 2.22 bits per heavy atom. The standard InChI is InChI=1S/C26H30N4O6/c1-17(31)24(26(35)29-36)28-25(34)20-10-6-18(7-11-20)4-5-19-8-12-21(13-9-19)27-23(33)16-30-14-2-3-22(32)15-30/h6-13,17,22,24,31-32,36H,2-3,14-16H2,1H3,(H,27,33)(H,28,34)(H,29,35)/t17-,22?,24+/m1/s1.